The fourth-order valence-electron chi connectivity index (χ4n) is 2.24. The molecule has 106 valence electrons. The summed E-state index contributed by atoms with van der Waals surface area (Å²) in [5.41, 5.74) is 3.03. The summed E-state index contributed by atoms with van der Waals surface area (Å²) in [4.78, 5) is 17.9. The van der Waals surface area contributed by atoms with E-state index in [1.807, 2.05) is 12.3 Å². The van der Waals surface area contributed by atoms with Crippen LogP contribution in [0.2, 0.25) is 0 Å². The molecule has 1 aromatic rings. The molecule has 2 rings (SSSR count). The molecule has 0 aliphatic carbocycles. The first-order valence-electron chi connectivity index (χ1n) is 6.52. The highest BCUT2D eigenvalue weighted by Gasteiger charge is 2.20. The zero-order valence-electron chi connectivity index (χ0n) is 11.1. The number of nitrogen functional groups attached to an aromatic ring is 1. The summed E-state index contributed by atoms with van der Waals surface area (Å²) in [6.07, 6.45) is 2.53. The summed E-state index contributed by atoms with van der Waals surface area (Å²) in [6, 6.07) is 0. The molecule has 0 radical (unpaired) electrons. The topological polar surface area (TPSA) is 80.5 Å². The van der Waals surface area contributed by atoms with Gasteiger partial charge in [-0.3, -0.25) is 15.1 Å². The van der Waals surface area contributed by atoms with Crippen molar-refractivity contribution in [3.8, 4) is 0 Å². The number of amides is 1. The monoisotopic (exact) mass is 284 g/mol. The number of carbonyl (C=O) groups is 1. The second-order valence-corrected chi connectivity index (χ2v) is 5.41. The Labute approximate surface area is 116 Å². The lowest BCUT2D eigenvalue weighted by molar-refractivity contribution is 0.0123. The predicted molar refractivity (Wildman–Crippen MR) is 73.7 cm³/mol. The Bertz CT molecular complexity index is 416. The molecule has 1 aliphatic rings. The first-order chi connectivity index (χ1) is 9.22. The molecule has 6 nitrogen and oxygen atoms in total. The first kappa shape index (κ1) is 14.4. The zero-order valence-corrected chi connectivity index (χ0v) is 11.9. The number of thiazole rings is 1. The Morgan fingerprint density at radius 1 is 1.63 bits per heavy atom. The van der Waals surface area contributed by atoms with Gasteiger partial charge in [0.2, 0.25) is 0 Å². The predicted octanol–water partition coefficient (Wildman–Crippen LogP) is 0.748. The lowest BCUT2D eigenvalue weighted by atomic mass is 10.1. The number of piperidine rings is 1. The normalized spacial score (nSPS) is 17.6. The van der Waals surface area contributed by atoms with Crippen molar-refractivity contribution in [2.75, 3.05) is 19.7 Å². The van der Waals surface area contributed by atoms with Crippen molar-refractivity contribution < 1.29 is 9.53 Å². The zero-order chi connectivity index (χ0) is 13.7. The first-order valence-corrected chi connectivity index (χ1v) is 7.40. The molecule has 0 saturated carbocycles. The van der Waals surface area contributed by atoms with Gasteiger partial charge in [-0.1, -0.05) is 0 Å². The van der Waals surface area contributed by atoms with Crippen molar-refractivity contribution in [2.45, 2.75) is 32.4 Å². The van der Waals surface area contributed by atoms with Gasteiger partial charge < -0.3 is 4.74 Å². The van der Waals surface area contributed by atoms with Crippen molar-refractivity contribution in [1.29, 1.82) is 0 Å². The molecule has 0 aromatic carbocycles. The molecule has 1 amide bonds. The van der Waals surface area contributed by atoms with Crippen molar-refractivity contribution in [1.82, 2.24) is 15.3 Å². The Morgan fingerprint density at radius 3 is 3.00 bits per heavy atom. The van der Waals surface area contributed by atoms with Crippen LogP contribution in [0.4, 0.5) is 0 Å². The number of ether oxygens (including phenoxy) is 1. The molecule has 3 N–H and O–H groups in total. The summed E-state index contributed by atoms with van der Waals surface area (Å²) in [5, 5.41) is 2.33. The fraction of sp³-hybridized carbons (Fsp3) is 0.667. The summed E-state index contributed by atoms with van der Waals surface area (Å²) < 4.78 is 5.62. The van der Waals surface area contributed by atoms with E-state index in [1.54, 1.807) is 0 Å². The summed E-state index contributed by atoms with van der Waals surface area (Å²) in [5.74, 6) is 4.76. The van der Waals surface area contributed by atoms with E-state index >= 15 is 0 Å². The molecule has 0 spiro atoms. The highest BCUT2D eigenvalue weighted by atomic mass is 32.1. The van der Waals surface area contributed by atoms with Crippen LogP contribution in [0.15, 0.2) is 5.38 Å². The molecule has 1 saturated heterocycles. The third-order valence-corrected chi connectivity index (χ3v) is 4.09. The number of likely N-dealkylation sites (tertiary alicyclic amines) is 1. The molecular formula is C12H20N4O2S. The molecule has 0 atom stereocenters. The van der Waals surface area contributed by atoms with E-state index in [0.29, 0.717) is 11.1 Å². The number of nitrogens with zero attached hydrogens (tertiary/aromatic N) is 2. The van der Waals surface area contributed by atoms with Crippen molar-refractivity contribution in [3.63, 3.8) is 0 Å². The maximum absolute atomic E-state index is 11.3. The Morgan fingerprint density at radius 2 is 2.37 bits per heavy atom. The van der Waals surface area contributed by atoms with Crippen LogP contribution in [-0.4, -0.2) is 41.6 Å². The van der Waals surface area contributed by atoms with E-state index in [-0.39, 0.29) is 5.91 Å². The third-order valence-electron chi connectivity index (χ3n) is 3.20. The highest BCUT2D eigenvalue weighted by molar-refractivity contribution is 7.11. The minimum Gasteiger partial charge on any atom is -0.378 e. The van der Waals surface area contributed by atoms with Gasteiger partial charge in [-0.25, -0.2) is 10.8 Å². The SMILES string of the molecule is CCOC1CCN(Cc2csc(C(=O)NN)n2)CC1. The van der Waals surface area contributed by atoms with Crippen LogP contribution in [-0.2, 0) is 11.3 Å². The minimum atomic E-state index is -0.327. The smallest absolute Gasteiger partial charge is 0.294 e. The van der Waals surface area contributed by atoms with Gasteiger partial charge in [-0.15, -0.1) is 11.3 Å². The molecule has 2 heterocycles. The number of nitrogens with two attached hydrogens (primary N) is 1. The third kappa shape index (κ3) is 3.97. The molecule has 1 fully saturated rings. The van der Waals surface area contributed by atoms with Crippen molar-refractivity contribution in [3.05, 3.63) is 16.1 Å². The van der Waals surface area contributed by atoms with E-state index in [9.17, 15) is 4.79 Å². The molecule has 1 aliphatic heterocycles. The van der Waals surface area contributed by atoms with Gasteiger partial charge in [-0.05, 0) is 19.8 Å². The van der Waals surface area contributed by atoms with Crippen molar-refractivity contribution in [2.24, 2.45) is 5.84 Å². The van der Waals surface area contributed by atoms with E-state index in [2.05, 4.69) is 15.3 Å². The quantitative estimate of drug-likeness (QED) is 0.474. The van der Waals surface area contributed by atoms with Crippen LogP contribution < -0.4 is 11.3 Å². The van der Waals surface area contributed by atoms with Gasteiger partial charge in [0, 0.05) is 31.6 Å². The van der Waals surface area contributed by atoms with E-state index in [4.69, 9.17) is 10.6 Å². The van der Waals surface area contributed by atoms with E-state index in [0.717, 1.165) is 44.8 Å². The molecular weight excluding hydrogens is 264 g/mol. The van der Waals surface area contributed by atoms with Crippen LogP contribution in [0, 0.1) is 0 Å². The number of aromatic nitrogens is 1. The number of carbonyl (C=O) groups excluding carboxylic acids is 1. The molecule has 0 unspecified atom stereocenters. The van der Waals surface area contributed by atoms with Crippen LogP contribution in [0.1, 0.15) is 35.3 Å². The fourth-order valence-corrected chi connectivity index (χ4v) is 2.96. The summed E-state index contributed by atoms with van der Waals surface area (Å²) in [6.45, 7) is 5.63. The number of hydrazine groups is 1. The van der Waals surface area contributed by atoms with E-state index < -0.39 is 0 Å². The lowest BCUT2D eigenvalue weighted by Gasteiger charge is -2.31. The minimum absolute atomic E-state index is 0.327. The Balaban J connectivity index is 1.82. The van der Waals surface area contributed by atoms with Crippen LogP contribution in [0.25, 0.3) is 0 Å². The number of hydrogen-bond donors (Lipinski definition) is 2. The second kappa shape index (κ2) is 6.95. The summed E-state index contributed by atoms with van der Waals surface area (Å²) >= 11 is 1.32. The maximum atomic E-state index is 11.3. The maximum Gasteiger partial charge on any atom is 0.294 e. The largest absolute Gasteiger partial charge is 0.378 e. The average Bonchev–Trinajstić information content (AvgIpc) is 2.89. The van der Waals surface area contributed by atoms with Gasteiger partial charge in [0.05, 0.1) is 11.8 Å². The standard InChI is InChI=1S/C12H20N4O2S/c1-2-18-10-3-5-16(6-4-10)7-9-8-19-12(14-9)11(17)15-13/h8,10H,2-7,13H2,1H3,(H,15,17). The molecule has 1 aromatic heterocycles. The average molecular weight is 284 g/mol. The molecule has 7 heteroatoms. The Kier molecular flexibility index (Phi) is 5.26. The van der Waals surface area contributed by atoms with Crippen LogP contribution >= 0.6 is 11.3 Å². The van der Waals surface area contributed by atoms with Crippen molar-refractivity contribution >= 4 is 17.2 Å². The van der Waals surface area contributed by atoms with Crippen LogP contribution in [0.5, 0.6) is 0 Å². The number of nitrogens with one attached hydrogen (secondary N) is 1. The van der Waals surface area contributed by atoms with E-state index in [1.165, 1.54) is 11.3 Å². The second-order valence-electron chi connectivity index (χ2n) is 4.55. The van der Waals surface area contributed by atoms with Gasteiger partial charge in [-0.2, -0.15) is 0 Å². The van der Waals surface area contributed by atoms with Gasteiger partial charge in [0.25, 0.3) is 5.91 Å². The molecule has 0 bridgehead atoms. The Hall–Kier alpha value is -1.02. The van der Waals surface area contributed by atoms with Gasteiger partial charge in [0.1, 0.15) is 0 Å². The highest BCUT2D eigenvalue weighted by Crippen LogP contribution is 2.17. The van der Waals surface area contributed by atoms with Crippen LogP contribution in [0.3, 0.4) is 0 Å². The molecule has 19 heavy (non-hydrogen) atoms. The lowest BCUT2D eigenvalue weighted by Crippen LogP contribution is -2.36. The summed E-state index contributed by atoms with van der Waals surface area (Å²) in [7, 11) is 0. The van der Waals surface area contributed by atoms with Gasteiger partial charge in [0.15, 0.2) is 5.01 Å². The number of rotatable bonds is 5. The van der Waals surface area contributed by atoms with Gasteiger partial charge >= 0.3 is 0 Å². The number of hydrogen-bond acceptors (Lipinski definition) is 6.